The molecular weight excluding hydrogens is 342 g/mol. The molecule has 5 nitrogen and oxygen atoms in total. The summed E-state index contributed by atoms with van der Waals surface area (Å²) >= 11 is 3.23. The summed E-state index contributed by atoms with van der Waals surface area (Å²) in [6, 6.07) is 6.67. The number of benzene rings is 1. The van der Waals surface area contributed by atoms with Crippen LogP contribution in [0.4, 0.5) is 0 Å². The molecule has 2 atom stereocenters. The van der Waals surface area contributed by atoms with Crippen LogP contribution >= 0.6 is 15.9 Å². The summed E-state index contributed by atoms with van der Waals surface area (Å²) in [4.78, 5) is 0.120. The molecule has 108 valence electrons. The van der Waals surface area contributed by atoms with E-state index in [4.69, 9.17) is 5.26 Å². The van der Waals surface area contributed by atoms with E-state index < -0.39 is 10.0 Å². The average molecular weight is 358 g/mol. The van der Waals surface area contributed by atoms with Gasteiger partial charge in [0.25, 0.3) is 0 Å². The van der Waals surface area contributed by atoms with Crippen LogP contribution in [0.2, 0.25) is 0 Å². The molecule has 1 aliphatic heterocycles. The number of nitrogens with zero attached hydrogens (tertiary/aromatic N) is 1. The molecule has 7 heteroatoms. The van der Waals surface area contributed by atoms with Crippen molar-refractivity contribution in [3.63, 3.8) is 0 Å². The summed E-state index contributed by atoms with van der Waals surface area (Å²) < 4.78 is 28.0. The molecule has 2 rings (SSSR count). The highest BCUT2D eigenvalue weighted by atomic mass is 79.9. The number of piperidine rings is 1. The molecule has 20 heavy (non-hydrogen) atoms. The van der Waals surface area contributed by atoms with Crippen molar-refractivity contribution >= 4 is 26.0 Å². The Kier molecular flexibility index (Phi) is 4.81. The van der Waals surface area contributed by atoms with E-state index in [1.807, 2.05) is 13.0 Å². The second-order valence-electron chi connectivity index (χ2n) is 4.99. The number of nitriles is 1. The molecule has 0 spiro atoms. The van der Waals surface area contributed by atoms with Gasteiger partial charge in [-0.1, -0.05) is 15.9 Å². The zero-order valence-corrected chi connectivity index (χ0v) is 13.5. The highest BCUT2D eigenvalue weighted by Crippen LogP contribution is 2.20. The van der Waals surface area contributed by atoms with Crippen molar-refractivity contribution < 1.29 is 8.42 Å². The van der Waals surface area contributed by atoms with Crippen LogP contribution in [0, 0.1) is 11.3 Å². The number of nitrogens with one attached hydrogen (secondary N) is 2. The van der Waals surface area contributed by atoms with Gasteiger partial charge in [-0.25, -0.2) is 13.1 Å². The third-order valence-corrected chi connectivity index (χ3v) is 5.21. The maximum Gasteiger partial charge on any atom is 0.240 e. The highest BCUT2D eigenvalue weighted by molar-refractivity contribution is 9.10. The molecule has 2 N–H and O–H groups in total. The van der Waals surface area contributed by atoms with E-state index in [0.29, 0.717) is 16.1 Å². The van der Waals surface area contributed by atoms with Crippen molar-refractivity contribution in [1.82, 2.24) is 10.0 Å². The van der Waals surface area contributed by atoms with Crippen LogP contribution in [0.3, 0.4) is 0 Å². The minimum Gasteiger partial charge on any atom is -0.314 e. The van der Waals surface area contributed by atoms with Crippen molar-refractivity contribution in [2.75, 3.05) is 6.54 Å². The van der Waals surface area contributed by atoms with Crippen LogP contribution in [0.1, 0.15) is 25.3 Å². The van der Waals surface area contributed by atoms with E-state index in [0.717, 1.165) is 19.4 Å². The Bertz CT molecular complexity index is 640. The molecule has 1 heterocycles. The molecule has 0 saturated carbocycles. The second-order valence-corrected chi connectivity index (χ2v) is 7.61. The normalized spacial score (nSPS) is 23.2. The lowest BCUT2D eigenvalue weighted by Gasteiger charge is -2.28. The van der Waals surface area contributed by atoms with E-state index in [1.165, 1.54) is 12.1 Å². The monoisotopic (exact) mass is 357 g/mol. The van der Waals surface area contributed by atoms with E-state index in [9.17, 15) is 8.42 Å². The lowest BCUT2D eigenvalue weighted by Crippen LogP contribution is -2.46. The van der Waals surface area contributed by atoms with Gasteiger partial charge in [0.15, 0.2) is 0 Å². The van der Waals surface area contributed by atoms with Gasteiger partial charge in [0.05, 0.1) is 16.5 Å². The van der Waals surface area contributed by atoms with Crippen molar-refractivity contribution in [3.05, 3.63) is 28.2 Å². The fourth-order valence-electron chi connectivity index (χ4n) is 2.31. The number of sulfonamides is 1. The first-order valence-corrected chi connectivity index (χ1v) is 8.65. The van der Waals surface area contributed by atoms with E-state index >= 15 is 0 Å². The quantitative estimate of drug-likeness (QED) is 0.862. The van der Waals surface area contributed by atoms with Gasteiger partial charge in [-0.15, -0.1) is 0 Å². The first-order chi connectivity index (χ1) is 9.40. The number of hydrogen-bond acceptors (Lipinski definition) is 4. The third-order valence-electron chi connectivity index (χ3n) is 3.26. The van der Waals surface area contributed by atoms with Crippen LogP contribution in [0.25, 0.3) is 0 Å². The minimum atomic E-state index is -3.60. The Labute approximate surface area is 127 Å². The van der Waals surface area contributed by atoms with Crippen LogP contribution in [0.15, 0.2) is 27.6 Å². The summed E-state index contributed by atoms with van der Waals surface area (Å²) in [5, 5.41) is 12.2. The van der Waals surface area contributed by atoms with Gasteiger partial charge in [-0.2, -0.15) is 5.26 Å². The smallest absolute Gasteiger partial charge is 0.240 e. The minimum absolute atomic E-state index is 0.0687. The van der Waals surface area contributed by atoms with Crippen LogP contribution < -0.4 is 10.0 Å². The summed E-state index contributed by atoms with van der Waals surface area (Å²) in [5.41, 5.74) is 0.318. The standard InChI is InChI=1S/C13H16BrN3O2S/c1-9-4-12(2-3-16-9)17-20(18,19)13-6-10(8-15)5-11(14)7-13/h5-7,9,12,16-17H,2-4H2,1H3. The van der Waals surface area contributed by atoms with Gasteiger partial charge in [0, 0.05) is 16.6 Å². The Morgan fingerprint density at radius 1 is 1.45 bits per heavy atom. The summed E-state index contributed by atoms with van der Waals surface area (Å²) in [6.07, 6.45) is 1.53. The largest absolute Gasteiger partial charge is 0.314 e. The van der Waals surface area contributed by atoms with Crippen molar-refractivity contribution in [2.45, 2.75) is 36.7 Å². The number of rotatable bonds is 3. The molecular formula is C13H16BrN3O2S. The predicted molar refractivity (Wildman–Crippen MR) is 79.7 cm³/mol. The first kappa shape index (κ1) is 15.4. The highest BCUT2D eigenvalue weighted by Gasteiger charge is 2.24. The maximum absolute atomic E-state index is 12.4. The zero-order valence-electron chi connectivity index (χ0n) is 11.1. The summed E-state index contributed by atoms with van der Waals surface area (Å²) in [5.74, 6) is 0. The molecule has 1 fully saturated rings. The second kappa shape index (κ2) is 6.22. The first-order valence-electron chi connectivity index (χ1n) is 6.37. The van der Waals surface area contributed by atoms with Crippen LogP contribution in [-0.4, -0.2) is 27.0 Å². The van der Waals surface area contributed by atoms with Gasteiger partial charge < -0.3 is 5.32 Å². The Morgan fingerprint density at radius 3 is 2.85 bits per heavy atom. The van der Waals surface area contributed by atoms with Crippen molar-refractivity contribution in [1.29, 1.82) is 5.26 Å². The molecule has 0 aliphatic carbocycles. The molecule has 1 aliphatic rings. The molecule has 1 saturated heterocycles. The molecule has 1 aromatic carbocycles. The van der Waals surface area contributed by atoms with Gasteiger partial charge in [-0.05, 0) is 44.5 Å². The van der Waals surface area contributed by atoms with Crippen LogP contribution in [0.5, 0.6) is 0 Å². The lowest BCUT2D eigenvalue weighted by molar-refractivity contribution is 0.361. The molecule has 0 aromatic heterocycles. The topological polar surface area (TPSA) is 82.0 Å². The number of hydrogen-bond donors (Lipinski definition) is 2. The van der Waals surface area contributed by atoms with Crippen molar-refractivity contribution in [2.24, 2.45) is 0 Å². The van der Waals surface area contributed by atoms with Crippen LogP contribution in [-0.2, 0) is 10.0 Å². The summed E-state index contributed by atoms with van der Waals surface area (Å²) in [6.45, 7) is 2.84. The van der Waals surface area contributed by atoms with E-state index in [2.05, 4.69) is 26.0 Å². The van der Waals surface area contributed by atoms with Gasteiger partial charge in [0.1, 0.15) is 0 Å². The molecule has 0 radical (unpaired) electrons. The zero-order chi connectivity index (χ0) is 14.8. The SMILES string of the molecule is CC1CC(NS(=O)(=O)c2cc(Br)cc(C#N)c2)CCN1. The summed E-state index contributed by atoms with van der Waals surface area (Å²) in [7, 11) is -3.60. The Balaban J connectivity index is 2.22. The van der Waals surface area contributed by atoms with E-state index in [-0.39, 0.29) is 10.9 Å². The fourth-order valence-corrected chi connectivity index (χ4v) is 4.31. The van der Waals surface area contributed by atoms with E-state index in [1.54, 1.807) is 6.07 Å². The lowest BCUT2D eigenvalue weighted by atomic mass is 10.0. The van der Waals surface area contributed by atoms with Crippen molar-refractivity contribution in [3.8, 4) is 6.07 Å². The van der Waals surface area contributed by atoms with Gasteiger partial charge >= 0.3 is 0 Å². The molecule has 2 unspecified atom stereocenters. The van der Waals surface area contributed by atoms with Gasteiger partial charge in [0.2, 0.25) is 10.0 Å². The maximum atomic E-state index is 12.4. The molecule has 1 aromatic rings. The van der Waals surface area contributed by atoms with Gasteiger partial charge in [-0.3, -0.25) is 0 Å². The fraction of sp³-hybridized carbons (Fsp3) is 0.462. The Hall–Kier alpha value is -0.940. The average Bonchev–Trinajstić information content (AvgIpc) is 2.37. The Morgan fingerprint density at radius 2 is 2.20 bits per heavy atom. The molecule has 0 amide bonds. The molecule has 0 bridgehead atoms. The number of halogens is 1. The third kappa shape index (κ3) is 3.79. The predicted octanol–water partition coefficient (Wildman–Crippen LogP) is 1.74.